The van der Waals surface area contributed by atoms with Crippen LogP contribution in [0.1, 0.15) is 36.9 Å². The highest BCUT2D eigenvalue weighted by molar-refractivity contribution is 5.28. The van der Waals surface area contributed by atoms with Gasteiger partial charge in [-0.25, -0.2) is 0 Å². The van der Waals surface area contributed by atoms with E-state index in [1.54, 1.807) is 0 Å². The molecule has 1 heteroatoms. The van der Waals surface area contributed by atoms with Gasteiger partial charge in [0, 0.05) is 6.04 Å². The normalized spacial score (nSPS) is 12.9. The van der Waals surface area contributed by atoms with E-state index in [0.29, 0.717) is 0 Å². The van der Waals surface area contributed by atoms with Gasteiger partial charge in [0.1, 0.15) is 0 Å². The Morgan fingerprint density at radius 2 is 2.00 bits per heavy atom. The van der Waals surface area contributed by atoms with Gasteiger partial charge in [-0.2, -0.15) is 0 Å². The first-order valence-corrected chi connectivity index (χ1v) is 4.56. The smallest absolute Gasteiger partial charge is 0.0297 e. The molecule has 1 rings (SSSR count). The second-order valence-corrected chi connectivity index (χ2v) is 3.25. The second kappa shape index (κ2) is 4.27. The quantitative estimate of drug-likeness (QED) is 0.728. The molecule has 1 aromatic carbocycles. The number of hydrogen-bond acceptors (Lipinski definition) is 1. The maximum Gasteiger partial charge on any atom is 0.0297 e. The third kappa shape index (κ3) is 2.08. The lowest BCUT2D eigenvalue weighted by molar-refractivity contribution is 0.635. The number of hydrogen-bond donors (Lipinski definition) is 1. The van der Waals surface area contributed by atoms with E-state index in [1.807, 2.05) is 0 Å². The van der Waals surface area contributed by atoms with Gasteiger partial charge in [-0.05, 0) is 24.5 Å². The second-order valence-electron chi connectivity index (χ2n) is 3.25. The van der Waals surface area contributed by atoms with E-state index >= 15 is 0 Å². The minimum absolute atomic E-state index is 0.219. The van der Waals surface area contributed by atoms with Crippen molar-refractivity contribution in [2.24, 2.45) is 5.73 Å². The summed E-state index contributed by atoms with van der Waals surface area (Å²) in [5.74, 6) is 0. The Hall–Kier alpha value is -0.820. The van der Waals surface area contributed by atoms with E-state index < -0.39 is 0 Å². The molecule has 0 saturated heterocycles. The van der Waals surface area contributed by atoms with Crippen molar-refractivity contribution < 1.29 is 0 Å². The average Bonchev–Trinajstić information content (AvgIpc) is 2.05. The number of rotatable bonds is 3. The molecule has 0 amide bonds. The number of benzene rings is 1. The van der Waals surface area contributed by atoms with Gasteiger partial charge < -0.3 is 5.73 Å². The van der Waals surface area contributed by atoms with Gasteiger partial charge in [-0.1, -0.05) is 37.6 Å². The van der Waals surface area contributed by atoms with Crippen LogP contribution in [-0.4, -0.2) is 0 Å². The van der Waals surface area contributed by atoms with Gasteiger partial charge in [-0.3, -0.25) is 0 Å². The van der Waals surface area contributed by atoms with E-state index in [2.05, 4.69) is 38.1 Å². The van der Waals surface area contributed by atoms with Crippen molar-refractivity contribution in [3.63, 3.8) is 0 Å². The van der Waals surface area contributed by atoms with Crippen LogP contribution in [0.4, 0.5) is 0 Å². The van der Waals surface area contributed by atoms with Crippen LogP contribution in [-0.2, 0) is 0 Å². The van der Waals surface area contributed by atoms with Crippen LogP contribution < -0.4 is 5.73 Å². The summed E-state index contributed by atoms with van der Waals surface area (Å²) in [5, 5.41) is 0. The Morgan fingerprint density at radius 3 is 2.58 bits per heavy atom. The van der Waals surface area contributed by atoms with Gasteiger partial charge in [0.05, 0.1) is 0 Å². The minimum atomic E-state index is 0.219. The Bertz CT molecular complexity index is 243. The van der Waals surface area contributed by atoms with Crippen molar-refractivity contribution in [1.29, 1.82) is 0 Å². The maximum absolute atomic E-state index is 6.01. The Morgan fingerprint density at radius 1 is 1.33 bits per heavy atom. The lowest BCUT2D eigenvalue weighted by Gasteiger charge is -2.12. The summed E-state index contributed by atoms with van der Waals surface area (Å²) in [5.41, 5.74) is 8.60. The predicted molar refractivity (Wildman–Crippen MR) is 53.0 cm³/mol. The molecule has 0 heterocycles. The number of aryl methyl sites for hydroxylation is 1. The Balaban J connectivity index is 2.79. The molecular formula is C11H17N. The monoisotopic (exact) mass is 163 g/mol. The van der Waals surface area contributed by atoms with Crippen molar-refractivity contribution in [2.75, 3.05) is 0 Å². The van der Waals surface area contributed by atoms with Gasteiger partial charge >= 0.3 is 0 Å². The summed E-state index contributed by atoms with van der Waals surface area (Å²) in [6.07, 6.45) is 2.22. The molecule has 0 fully saturated rings. The molecule has 0 aliphatic carbocycles. The number of nitrogens with two attached hydrogens (primary N) is 1. The van der Waals surface area contributed by atoms with Crippen LogP contribution in [0, 0.1) is 6.92 Å². The first-order chi connectivity index (χ1) is 5.75. The van der Waals surface area contributed by atoms with Crippen LogP contribution in [0.5, 0.6) is 0 Å². The molecule has 1 atom stereocenters. The summed E-state index contributed by atoms with van der Waals surface area (Å²) in [6.45, 7) is 4.28. The molecule has 0 aliphatic rings. The van der Waals surface area contributed by atoms with E-state index in [0.717, 1.165) is 12.8 Å². The molecular weight excluding hydrogens is 146 g/mol. The van der Waals surface area contributed by atoms with Gasteiger partial charge in [0.15, 0.2) is 0 Å². The summed E-state index contributed by atoms with van der Waals surface area (Å²) >= 11 is 0. The molecule has 66 valence electrons. The fourth-order valence-corrected chi connectivity index (χ4v) is 1.47. The summed E-state index contributed by atoms with van der Waals surface area (Å²) < 4.78 is 0. The first-order valence-electron chi connectivity index (χ1n) is 4.56. The third-order valence-corrected chi connectivity index (χ3v) is 2.19. The van der Waals surface area contributed by atoms with Crippen LogP contribution in [0.3, 0.4) is 0 Å². The third-order valence-electron chi connectivity index (χ3n) is 2.19. The summed E-state index contributed by atoms with van der Waals surface area (Å²) in [4.78, 5) is 0. The molecule has 0 aliphatic heterocycles. The summed E-state index contributed by atoms with van der Waals surface area (Å²) in [7, 11) is 0. The molecule has 1 aromatic rings. The molecule has 0 unspecified atom stereocenters. The first kappa shape index (κ1) is 9.27. The lowest BCUT2D eigenvalue weighted by Crippen LogP contribution is -2.10. The SMILES string of the molecule is CCC[C@@H](N)c1ccccc1C. The Labute approximate surface area is 74.6 Å². The van der Waals surface area contributed by atoms with Crippen LogP contribution in [0.15, 0.2) is 24.3 Å². The standard InChI is InChI=1S/C11H17N/c1-3-6-11(12)10-8-5-4-7-9(10)2/h4-5,7-8,11H,3,6,12H2,1-2H3/t11-/m1/s1. The van der Waals surface area contributed by atoms with E-state index in [-0.39, 0.29) is 6.04 Å². The van der Waals surface area contributed by atoms with Crippen molar-refractivity contribution in [3.05, 3.63) is 35.4 Å². The summed E-state index contributed by atoms with van der Waals surface area (Å²) in [6, 6.07) is 8.56. The molecule has 0 radical (unpaired) electrons. The lowest BCUT2D eigenvalue weighted by atomic mass is 9.99. The van der Waals surface area contributed by atoms with E-state index in [4.69, 9.17) is 5.73 Å². The molecule has 1 nitrogen and oxygen atoms in total. The zero-order valence-corrected chi connectivity index (χ0v) is 7.88. The van der Waals surface area contributed by atoms with Crippen molar-refractivity contribution in [3.8, 4) is 0 Å². The molecule has 0 spiro atoms. The molecule has 12 heavy (non-hydrogen) atoms. The van der Waals surface area contributed by atoms with Crippen molar-refractivity contribution in [2.45, 2.75) is 32.7 Å². The highest BCUT2D eigenvalue weighted by Gasteiger charge is 2.05. The molecule has 0 bridgehead atoms. The fraction of sp³-hybridized carbons (Fsp3) is 0.455. The topological polar surface area (TPSA) is 26.0 Å². The van der Waals surface area contributed by atoms with E-state index in [9.17, 15) is 0 Å². The van der Waals surface area contributed by atoms with Gasteiger partial charge in [-0.15, -0.1) is 0 Å². The zero-order chi connectivity index (χ0) is 8.97. The predicted octanol–water partition coefficient (Wildman–Crippen LogP) is 2.79. The van der Waals surface area contributed by atoms with Crippen LogP contribution in [0.2, 0.25) is 0 Å². The largest absolute Gasteiger partial charge is 0.324 e. The van der Waals surface area contributed by atoms with Crippen LogP contribution in [0.25, 0.3) is 0 Å². The van der Waals surface area contributed by atoms with Gasteiger partial charge in [0.2, 0.25) is 0 Å². The average molecular weight is 163 g/mol. The minimum Gasteiger partial charge on any atom is -0.324 e. The Kier molecular flexibility index (Phi) is 3.30. The molecule has 2 N–H and O–H groups in total. The fourth-order valence-electron chi connectivity index (χ4n) is 1.47. The maximum atomic E-state index is 6.01. The van der Waals surface area contributed by atoms with Gasteiger partial charge in [0.25, 0.3) is 0 Å². The zero-order valence-electron chi connectivity index (χ0n) is 7.88. The van der Waals surface area contributed by atoms with Crippen LogP contribution >= 0.6 is 0 Å². The van der Waals surface area contributed by atoms with E-state index in [1.165, 1.54) is 11.1 Å². The molecule has 0 saturated carbocycles. The van der Waals surface area contributed by atoms with Crippen molar-refractivity contribution >= 4 is 0 Å². The van der Waals surface area contributed by atoms with Crippen molar-refractivity contribution in [1.82, 2.24) is 0 Å². The highest BCUT2D eigenvalue weighted by atomic mass is 14.6. The highest BCUT2D eigenvalue weighted by Crippen LogP contribution is 2.18. The molecule has 0 aromatic heterocycles.